The van der Waals surface area contributed by atoms with E-state index in [1.54, 1.807) is 6.07 Å². The van der Waals surface area contributed by atoms with Crippen LogP contribution in [0.1, 0.15) is 16.1 Å². The Morgan fingerprint density at radius 3 is 2.87 bits per heavy atom. The van der Waals surface area contributed by atoms with Crippen LogP contribution in [0.5, 0.6) is 0 Å². The van der Waals surface area contributed by atoms with E-state index in [2.05, 4.69) is 15.2 Å². The summed E-state index contributed by atoms with van der Waals surface area (Å²) in [5.41, 5.74) is 1.59. The molecule has 0 spiro atoms. The standard InChI is InChI=1S/C11H15N3O/c1-8-3-9(7-15)13-11(4-8)14-5-10(6-14)12-2/h3-4,7,10,12H,5-6H2,1-2H3. The van der Waals surface area contributed by atoms with E-state index >= 15 is 0 Å². The molecule has 0 unspecified atom stereocenters. The first-order valence-corrected chi connectivity index (χ1v) is 5.09. The van der Waals surface area contributed by atoms with Crippen LogP contribution in [-0.4, -0.2) is 37.4 Å². The van der Waals surface area contributed by atoms with Crippen LogP contribution in [0.4, 0.5) is 5.82 Å². The van der Waals surface area contributed by atoms with Crippen molar-refractivity contribution in [3.63, 3.8) is 0 Å². The lowest BCUT2D eigenvalue weighted by molar-refractivity contribution is 0.111. The van der Waals surface area contributed by atoms with Crippen LogP contribution in [-0.2, 0) is 0 Å². The molecule has 0 radical (unpaired) electrons. The summed E-state index contributed by atoms with van der Waals surface area (Å²) in [7, 11) is 1.96. The third-order valence-corrected chi connectivity index (χ3v) is 2.71. The summed E-state index contributed by atoms with van der Waals surface area (Å²) in [4.78, 5) is 17.1. The summed E-state index contributed by atoms with van der Waals surface area (Å²) < 4.78 is 0. The molecule has 80 valence electrons. The molecule has 0 aliphatic carbocycles. The predicted molar refractivity (Wildman–Crippen MR) is 59.4 cm³/mol. The molecule has 2 heterocycles. The van der Waals surface area contributed by atoms with Gasteiger partial charge in [-0.3, -0.25) is 4.79 Å². The van der Waals surface area contributed by atoms with Crippen LogP contribution < -0.4 is 10.2 Å². The minimum absolute atomic E-state index is 0.512. The highest BCUT2D eigenvalue weighted by atomic mass is 16.1. The normalized spacial score (nSPS) is 16.3. The minimum atomic E-state index is 0.512. The number of aryl methyl sites for hydroxylation is 1. The Bertz CT molecular complexity index is 372. The predicted octanol–water partition coefficient (Wildman–Crippen LogP) is 0.611. The van der Waals surface area contributed by atoms with E-state index in [0.717, 1.165) is 30.8 Å². The van der Waals surface area contributed by atoms with Crippen LogP contribution in [0, 0.1) is 6.92 Å². The number of pyridine rings is 1. The maximum absolute atomic E-state index is 10.7. The van der Waals surface area contributed by atoms with Gasteiger partial charge in [-0.25, -0.2) is 4.98 Å². The van der Waals surface area contributed by atoms with E-state index in [1.165, 1.54) is 0 Å². The second-order valence-electron chi connectivity index (χ2n) is 3.94. The minimum Gasteiger partial charge on any atom is -0.353 e. The molecular formula is C11H15N3O. The van der Waals surface area contributed by atoms with Crippen molar-refractivity contribution < 1.29 is 4.79 Å². The first-order chi connectivity index (χ1) is 7.22. The molecule has 1 saturated heterocycles. The molecule has 0 saturated carbocycles. The summed E-state index contributed by atoms with van der Waals surface area (Å²) in [6.45, 7) is 3.91. The van der Waals surface area contributed by atoms with Crippen LogP contribution >= 0.6 is 0 Å². The van der Waals surface area contributed by atoms with Crippen molar-refractivity contribution in [1.29, 1.82) is 0 Å². The molecule has 4 nitrogen and oxygen atoms in total. The molecule has 0 bridgehead atoms. The van der Waals surface area contributed by atoms with Gasteiger partial charge in [0.05, 0.1) is 0 Å². The number of hydrogen-bond donors (Lipinski definition) is 1. The van der Waals surface area contributed by atoms with Gasteiger partial charge in [-0.2, -0.15) is 0 Å². The fraction of sp³-hybridized carbons (Fsp3) is 0.455. The zero-order valence-corrected chi connectivity index (χ0v) is 9.03. The third-order valence-electron chi connectivity index (χ3n) is 2.71. The van der Waals surface area contributed by atoms with Crippen molar-refractivity contribution in [2.45, 2.75) is 13.0 Å². The van der Waals surface area contributed by atoms with Gasteiger partial charge >= 0.3 is 0 Å². The number of aromatic nitrogens is 1. The summed E-state index contributed by atoms with van der Waals surface area (Å²) in [5.74, 6) is 0.906. The van der Waals surface area contributed by atoms with E-state index in [9.17, 15) is 4.79 Å². The molecule has 0 atom stereocenters. The first kappa shape index (κ1) is 10.1. The van der Waals surface area contributed by atoms with Crippen LogP contribution in [0.2, 0.25) is 0 Å². The molecule has 1 N–H and O–H groups in total. The molecule has 0 amide bonds. The van der Waals surface area contributed by atoms with E-state index in [1.807, 2.05) is 20.0 Å². The Hall–Kier alpha value is -1.42. The molecule has 4 heteroatoms. The maximum Gasteiger partial charge on any atom is 0.168 e. The molecule has 0 aromatic carbocycles. The zero-order valence-electron chi connectivity index (χ0n) is 9.03. The van der Waals surface area contributed by atoms with Gasteiger partial charge in [-0.05, 0) is 31.7 Å². The second kappa shape index (κ2) is 3.98. The summed E-state index contributed by atoms with van der Waals surface area (Å²) in [6.07, 6.45) is 0.797. The fourth-order valence-corrected chi connectivity index (χ4v) is 1.75. The molecule has 1 aromatic rings. The van der Waals surface area contributed by atoms with Crippen molar-refractivity contribution >= 4 is 12.1 Å². The van der Waals surface area contributed by atoms with Gasteiger partial charge in [0.2, 0.25) is 0 Å². The van der Waals surface area contributed by atoms with Crippen LogP contribution in [0.3, 0.4) is 0 Å². The largest absolute Gasteiger partial charge is 0.353 e. The number of aldehydes is 1. The molecule has 1 fully saturated rings. The number of carbonyl (C=O) groups is 1. The van der Waals surface area contributed by atoms with Gasteiger partial charge in [0.25, 0.3) is 0 Å². The Balaban J connectivity index is 2.15. The average molecular weight is 205 g/mol. The van der Waals surface area contributed by atoms with Gasteiger partial charge in [-0.1, -0.05) is 0 Å². The number of carbonyl (C=O) groups excluding carboxylic acids is 1. The quantitative estimate of drug-likeness (QED) is 0.734. The highest BCUT2D eigenvalue weighted by Crippen LogP contribution is 2.19. The van der Waals surface area contributed by atoms with Crippen molar-refractivity contribution in [3.8, 4) is 0 Å². The Labute approximate surface area is 89.3 Å². The number of likely N-dealkylation sites (N-methyl/N-ethyl adjacent to an activating group) is 1. The summed E-state index contributed by atoms with van der Waals surface area (Å²) in [6, 6.07) is 4.36. The highest BCUT2D eigenvalue weighted by Gasteiger charge is 2.26. The Morgan fingerprint density at radius 1 is 1.53 bits per heavy atom. The van der Waals surface area contributed by atoms with Gasteiger partial charge in [0.1, 0.15) is 11.5 Å². The number of rotatable bonds is 3. The highest BCUT2D eigenvalue weighted by molar-refractivity contribution is 5.73. The number of nitrogens with zero attached hydrogens (tertiary/aromatic N) is 2. The average Bonchev–Trinajstić information content (AvgIpc) is 2.15. The Morgan fingerprint density at radius 2 is 2.27 bits per heavy atom. The lowest BCUT2D eigenvalue weighted by Crippen LogP contribution is -2.57. The van der Waals surface area contributed by atoms with Crippen LogP contribution in [0.25, 0.3) is 0 Å². The Kier molecular flexibility index (Phi) is 2.68. The van der Waals surface area contributed by atoms with E-state index in [-0.39, 0.29) is 0 Å². The van der Waals surface area contributed by atoms with E-state index in [4.69, 9.17) is 0 Å². The molecule has 1 aromatic heterocycles. The molecule has 1 aliphatic heterocycles. The maximum atomic E-state index is 10.7. The lowest BCUT2D eigenvalue weighted by Gasteiger charge is -2.40. The summed E-state index contributed by atoms with van der Waals surface area (Å²) in [5, 5.41) is 3.21. The first-order valence-electron chi connectivity index (χ1n) is 5.09. The monoisotopic (exact) mass is 205 g/mol. The van der Waals surface area contributed by atoms with Gasteiger partial charge in [0, 0.05) is 19.1 Å². The topological polar surface area (TPSA) is 45.2 Å². The second-order valence-corrected chi connectivity index (χ2v) is 3.94. The lowest BCUT2D eigenvalue weighted by atomic mass is 10.1. The van der Waals surface area contributed by atoms with Crippen molar-refractivity contribution in [1.82, 2.24) is 10.3 Å². The smallest absolute Gasteiger partial charge is 0.168 e. The zero-order chi connectivity index (χ0) is 10.8. The SMILES string of the molecule is CNC1CN(c2cc(C)cc(C=O)n2)C1. The number of nitrogens with one attached hydrogen (secondary N) is 1. The number of hydrogen-bond acceptors (Lipinski definition) is 4. The van der Waals surface area contributed by atoms with Crippen LogP contribution in [0.15, 0.2) is 12.1 Å². The molecule has 2 rings (SSSR count). The van der Waals surface area contributed by atoms with Gasteiger partial charge in [0.15, 0.2) is 6.29 Å². The van der Waals surface area contributed by atoms with Gasteiger partial charge in [-0.15, -0.1) is 0 Å². The number of anilines is 1. The third kappa shape index (κ3) is 1.99. The van der Waals surface area contributed by atoms with Crippen molar-refractivity contribution in [3.05, 3.63) is 23.4 Å². The molecule has 1 aliphatic rings. The van der Waals surface area contributed by atoms with E-state index in [0.29, 0.717) is 11.7 Å². The van der Waals surface area contributed by atoms with Gasteiger partial charge < -0.3 is 10.2 Å². The summed E-state index contributed by atoms with van der Waals surface area (Å²) >= 11 is 0. The van der Waals surface area contributed by atoms with E-state index < -0.39 is 0 Å². The molecule has 15 heavy (non-hydrogen) atoms. The molecular weight excluding hydrogens is 190 g/mol. The fourth-order valence-electron chi connectivity index (χ4n) is 1.75. The van der Waals surface area contributed by atoms with Crippen molar-refractivity contribution in [2.24, 2.45) is 0 Å². The van der Waals surface area contributed by atoms with Crippen molar-refractivity contribution in [2.75, 3.05) is 25.0 Å².